The average molecular weight is 217 g/mol. The first-order chi connectivity index (χ1) is 7.72. The number of aliphatic carboxylic acids is 1. The molecule has 1 aliphatic carbocycles. The maximum Gasteiger partial charge on any atom is 0.315 e. The molecule has 1 N–H and O–H groups in total. The Bertz CT molecular complexity index is 522. The molecule has 0 saturated carbocycles. The van der Waals surface area contributed by atoms with Crippen LogP contribution in [0.15, 0.2) is 36.2 Å². The summed E-state index contributed by atoms with van der Waals surface area (Å²) < 4.78 is 0. The molecule has 6 heteroatoms. The summed E-state index contributed by atoms with van der Waals surface area (Å²) in [6.45, 7) is 0. The van der Waals surface area contributed by atoms with Crippen molar-refractivity contribution in [3.63, 3.8) is 0 Å². The summed E-state index contributed by atoms with van der Waals surface area (Å²) in [5.74, 6) is -0.416. The fraction of sp³-hybridized carbons (Fsp3) is 0.100. The van der Waals surface area contributed by atoms with Gasteiger partial charge in [0.25, 0.3) is 0 Å². The van der Waals surface area contributed by atoms with Crippen LogP contribution in [0.25, 0.3) is 5.70 Å². The minimum absolute atomic E-state index is 0.0577. The van der Waals surface area contributed by atoms with Crippen molar-refractivity contribution in [2.24, 2.45) is 5.92 Å². The van der Waals surface area contributed by atoms with E-state index in [0.717, 1.165) is 0 Å². The maximum atomic E-state index is 10.8. The fourth-order valence-electron chi connectivity index (χ4n) is 1.38. The highest BCUT2D eigenvalue weighted by atomic mass is 16.4. The molecule has 0 aliphatic heterocycles. The zero-order valence-corrected chi connectivity index (χ0v) is 8.07. The smallest absolute Gasteiger partial charge is 0.315 e. The van der Waals surface area contributed by atoms with E-state index in [1.165, 1.54) is 29.3 Å². The second kappa shape index (κ2) is 3.96. The van der Waals surface area contributed by atoms with Gasteiger partial charge in [0.1, 0.15) is 11.9 Å². The topological polar surface area (TPSA) is 85.1 Å². The van der Waals surface area contributed by atoms with Gasteiger partial charge < -0.3 is 5.11 Å². The van der Waals surface area contributed by atoms with Crippen molar-refractivity contribution >= 4 is 17.6 Å². The summed E-state index contributed by atoms with van der Waals surface area (Å²) in [7, 11) is 0. The molecule has 1 unspecified atom stereocenters. The second-order valence-corrected chi connectivity index (χ2v) is 3.12. The molecule has 0 fully saturated rings. The molecule has 0 aromatic carbocycles. The SMILES string of the molecule is O=C=C1C=C(n2nccn2)C=CC1C(=O)O. The first kappa shape index (κ1) is 10.1. The first-order valence-electron chi connectivity index (χ1n) is 4.47. The summed E-state index contributed by atoms with van der Waals surface area (Å²) in [4.78, 5) is 22.7. The number of aromatic nitrogens is 3. The number of nitrogens with zero attached hydrogens (tertiary/aromatic N) is 3. The lowest BCUT2D eigenvalue weighted by molar-refractivity contribution is -0.138. The molecular formula is C10H7N3O3. The van der Waals surface area contributed by atoms with Gasteiger partial charge in [-0.15, -0.1) is 0 Å². The minimum atomic E-state index is -1.08. The van der Waals surface area contributed by atoms with Gasteiger partial charge >= 0.3 is 5.97 Å². The Hall–Kier alpha value is -2.46. The van der Waals surface area contributed by atoms with Crippen molar-refractivity contribution in [1.82, 2.24) is 15.0 Å². The van der Waals surface area contributed by atoms with E-state index < -0.39 is 11.9 Å². The van der Waals surface area contributed by atoms with Crippen molar-refractivity contribution in [3.05, 3.63) is 36.2 Å². The van der Waals surface area contributed by atoms with Crippen LogP contribution in [0.3, 0.4) is 0 Å². The highest BCUT2D eigenvalue weighted by Gasteiger charge is 2.23. The number of hydrogen-bond acceptors (Lipinski definition) is 4. The van der Waals surface area contributed by atoms with Gasteiger partial charge in [0.2, 0.25) is 0 Å². The number of carboxylic acid groups (broad SMARTS) is 1. The van der Waals surface area contributed by atoms with E-state index in [9.17, 15) is 9.59 Å². The summed E-state index contributed by atoms with van der Waals surface area (Å²) in [6, 6.07) is 0. The van der Waals surface area contributed by atoms with E-state index in [1.54, 1.807) is 12.0 Å². The van der Waals surface area contributed by atoms with Crippen LogP contribution in [0, 0.1) is 5.92 Å². The van der Waals surface area contributed by atoms with Crippen LogP contribution in [-0.2, 0) is 9.59 Å². The largest absolute Gasteiger partial charge is 0.481 e. The standard InChI is InChI=1S/C10H7N3O3/c14-6-7-5-8(13-11-3-4-12-13)1-2-9(7)10(15)16/h1-5,9H,(H,15,16). The Morgan fingerprint density at radius 1 is 1.44 bits per heavy atom. The van der Waals surface area contributed by atoms with Gasteiger partial charge in [0, 0.05) is 0 Å². The zero-order chi connectivity index (χ0) is 11.5. The third-order valence-electron chi connectivity index (χ3n) is 2.13. The Morgan fingerprint density at radius 3 is 2.69 bits per heavy atom. The summed E-state index contributed by atoms with van der Waals surface area (Å²) in [5, 5.41) is 16.6. The Labute approximate surface area is 90.2 Å². The Morgan fingerprint density at radius 2 is 2.12 bits per heavy atom. The number of allylic oxidation sites excluding steroid dienone is 3. The fourth-order valence-corrected chi connectivity index (χ4v) is 1.38. The van der Waals surface area contributed by atoms with Crippen LogP contribution in [0.1, 0.15) is 0 Å². The number of carboxylic acids is 1. The van der Waals surface area contributed by atoms with Gasteiger partial charge in [-0.1, -0.05) is 6.08 Å². The predicted octanol–water partition coefficient (Wildman–Crippen LogP) is 0.148. The number of hydrogen-bond donors (Lipinski definition) is 1. The lowest BCUT2D eigenvalue weighted by Crippen LogP contribution is -2.17. The van der Waals surface area contributed by atoms with E-state index in [-0.39, 0.29) is 5.57 Å². The molecule has 6 nitrogen and oxygen atoms in total. The third kappa shape index (κ3) is 1.69. The summed E-state index contributed by atoms with van der Waals surface area (Å²) in [5.41, 5.74) is 0.586. The molecule has 16 heavy (non-hydrogen) atoms. The van der Waals surface area contributed by atoms with E-state index in [0.29, 0.717) is 5.70 Å². The van der Waals surface area contributed by atoms with E-state index in [2.05, 4.69) is 10.2 Å². The van der Waals surface area contributed by atoms with Crippen LogP contribution >= 0.6 is 0 Å². The van der Waals surface area contributed by atoms with Gasteiger partial charge in [-0.3, -0.25) is 4.79 Å². The van der Waals surface area contributed by atoms with Crippen molar-refractivity contribution in [2.75, 3.05) is 0 Å². The van der Waals surface area contributed by atoms with Crippen LogP contribution < -0.4 is 0 Å². The molecule has 0 bridgehead atoms. The molecule has 1 atom stereocenters. The maximum absolute atomic E-state index is 10.8. The van der Waals surface area contributed by atoms with Crippen molar-refractivity contribution in [2.45, 2.75) is 0 Å². The molecule has 0 spiro atoms. The molecule has 1 aromatic heterocycles. The third-order valence-corrected chi connectivity index (χ3v) is 2.13. The van der Waals surface area contributed by atoms with Crippen molar-refractivity contribution < 1.29 is 14.7 Å². The summed E-state index contributed by atoms with van der Waals surface area (Å²) >= 11 is 0. The predicted molar refractivity (Wildman–Crippen MR) is 53.8 cm³/mol. The lowest BCUT2D eigenvalue weighted by atomic mass is 9.95. The van der Waals surface area contributed by atoms with Crippen molar-refractivity contribution in [1.29, 1.82) is 0 Å². The van der Waals surface area contributed by atoms with Crippen LogP contribution in [-0.4, -0.2) is 32.0 Å². The van der Waals surface area contributed by atoms with E-state index in [4.69, 9.17) is 5.11 Å². The van der Waals surface area contributed by atoms with E-state index >= 15 is 0 Å². The van der Waals surface area contributed by atoms with Gasteiger partial charge in [-0.2, -0.15) is 15.0 Å². The zero-order valence-electron chi connectivity index (χ0n) is 8.07. The molecule has 1 aliphatic rings. The van der Waals surface area contributed by atoms with Crippen LogP contribution in [0.4, 0.5) is 0 Å². The monoisotopic (exact) mass is 217 g/mol. The average Bonchev–Trinajstić information content (AvgIpc) is 2.81. The molecule has 1 aromatic rings. The van der Waals surface area contributed by atoms with Gasteiger partial charge in [0.15, 0.2) is 0 Å². The Kier molecular flexibility index (Phi) is 2.49. The van der Waals surface area contributed by atoms with Gasteiger partial charge in [0.05, 0.1) is 23.7 Å². The van der Waals surface area contributed by atoms with Gasteiger partial charge in [-0.25, -0.2) is 4.79 Å². The lowest BCUT2D eigenvalue weighted by Gasteiger charge is -2.12. The molecular weight excluding hydrogens is 210 g/mol. The highest BCUT2D eigenvalue weighted by molar-refractivity contribution is 5.85. The number of carbonyl (C=O) groups excluding carboxylic acids is 1. The van der Waals surface area contributed by atoms with Gasteiger partial charge in [-0.05, 0) is 12.2 Å². The highest BCUT2D eigenvalue weighted by Crippen LogP contribution is 2.22. The molecule has 80 valence electrons. The van der Waals surface area contributed by atoms with Crippen LogP contribution in [0.2, 0.25) is 0 Å². The minimum Gasteiger partial charge on any atom is -0.481 e. The normalized spacial score (nSPS) is 19.1. The van der Waals surface area contributed by atoms with Crippen molar-refractivity contribution in [3.8, 4) is 0 Å². The molecule has 0 radical (unpaired) electrons. The molecule has 0 amide bonds. The van der Waals surface area contributed by atoms with Crippen LogP contribution in [0.5, 0.6) is 0 Å². The van der Waals surface area contributed by atoms with E-state index in [1.807, 2.05) is 0 Å². The first-order valence-corrected chi connectivity index (χ1v) is 4.47. The second-order valence-electron chi connectivity index (χ2n) is 3.12. The number of carbonyl (C=O) groups is 1. The summed E-state index contributed by atoms with van der Waals surface area (Å²) in [6.07, 6.45) is 7.34. The number of rotatable bonds is 2. The molecule has 0 saturated heterocycles. The Balaban J connectivity index is 2.38. The quantitative estimate of drug-likeness (QED) is 0.712. The molecule has 1 heterocycles. The molecule has 2 rings (SSSR count).